The van der Waals surface area contributed by atoms with Crippen LogP contribution in [0.4, 0.5) is 0 Å². The van der Waals surface area contributed by atoms with E-state index in [-0.39, 0.29) is 6.10 Å². The van der Waals surface area contributed by atoms with E-state index in [1.165, 1.54) is 5.56 Å². The van der Waals surface area contributed by atoms with Gasteiger partial charge in [-0.2, -0.15) is 0 Å². The van der Waals surface area contributed by atoms with Crippen LogP contribution in [0, 0.1) is 0 Å². The second-order valence-electron chi connectivity index (χ2n) is 7.86. The van der Waals surface area contributed by atoms with Gasteiger partial charge in [-0.25, -0.2) is 0 Å². The lowest BCUT2D eigenvalue weighted by Crippen LogP contribution is -2.38. The molecule has 1 aliphatic heterocycles. The molecule has 0 saturated carbocycles. The van der Waals surface area contributed by atoms with Crippen molar-refractivity contribution in [2.75, 3.05) is 13.1 Å². The highest BCUT2D eigenvalue weighted by Gasteiger charge is 2.25. The Morgan fingerprint density at radius 1 is 0.867 bits per heavy atom. The molecule has 0 fully saturated rings. The minimum absolute atomic E-state index is 0.00663. The summed E-state index contributed by atoms with van der Waals surface area (Å²) in [6, 6.07) is 30.7. The first kappa shape index (κ1) is 20.3. The molecule has 4 rings (SSSR count). The van der Waals surface area contributed by atoms with Crippen molar-refractivity contribution in [2.24, 2.45) is 5.16 Å². The average molecular weight is 401 g/mol. The number of hydrogen-bond donors (Lipinski definition) is 1. The molecule has 1 aliphatic rings. The third kappa shape index (κ3) is 5.78. The van der Waals surface area contributed by atoms with Crippen LogP contribution in [-0.4, -0.2) is 41.0 Å². The van der Waals surface area contributed by atoms with E-state index < -0.39 is 6.10 Å². The van der Waals surface area contributed by atoms with Crippen LogP contribution in [0.5, 0.6) is 0 Å². The summed E-state index contributed by atoms with van der Waals surface area (Å²) in [6.07, 6.45) is 0.980. The van der Waals surface area contributed by atoms with E-state index in [9.17, 15) is 5.11 Å². The molecule has 30 heavy (non-hydrogen) atoms. The van der Waals surface area contributed by atoms with E-state index in [1.807, 2.05) is 42.5 Å². The third-order valence-electron chi connectivity index (χ3n) is 5.33. The van der Waals surface area contributed by atoms with Crippen molar-refractivity contribution in [3.05, 3.63) is 108 Å². The maximum Gasteiger partial charge on any atom is 0.145 e. The van der Waals surface area contributed by atoms with Crippen LogP contribution in [0.25, 0.3) is 0 Å². The zero-order chi connectivity index (χ0) is 20.6. The smallest absolute Gasteiger partial charge is 0.145 e. The molecule has 0 amide bonds. The molecule has 3 aromatic rings. The molecule has 2 atom stereocenters. The predicted molar refractivity (Wildman–Crippen MR) is 120 cm³/mol. The van der Waals surface area contributed by atoms with Gasteiger partial charge in [-0.15, -0.1) is 0 Å². The third-order valence-corrected chi connectivity index (χ3v) is 5.33. The van der Waals surface area contributed by atoms with Gasteiger partial charge < -0.3 is 9.94 Å². The fourth-order valence-corrected chi connectivity index (χ4v) is 3.91. The Labute approximate surface area is 178 Å². The van der Waals surface area contributed by atoms with E-state index in [0.29, 0.717) is 13.0 Å². The summed E-state index contributed by atoms with van der Waals surface area (Å²) in [7, 11) is 0. The highest BCUT2D eigenvalue weighted by molar-refractivity contribution is 6.01. The molecular formula is C26H28N2O2. The van der Waals surface area contributed by atoms with Gasteiger partial charge in [0.25, 0.3) is 0 Å². The van der Waals surface area contributed by atoms with Crippen molar-refractivity contribution < 1.29 is 9.94 Å². The summed E-state index contributed by atoms with van der Waals surface area (Å²) >= 11 is 0. The van der Waals surface area contributed by atoms with E-state index in [0.717, 1.165) is 36.3 Å². The number of aliphatic hydroxyl groups is 1. The Morgan fingerprint density at radius 3 is 2.13 bits per heavy atom. The lowest BCUT2D eigenvalue weighted by molar-refractivity contribution is 0.0322. The molecule has 1 N–H and O–H groups in total. The van der Waals surface area contributed by atoms with E-state index in [1.54, 1.807) is 0 Å². The average Bonchev–Trinajstić information content (AvgIpc) is 3.24. The van der Waals surface area contributed by atoms with Gasteiger partial charge in [0, 0.05) is 26.1 Å². The van der Waals surface area contributed by atoms with Crippen LogP contribution >= 0.6 is 0 Å². The largest absolute Gasteiger partial charge is 0.391 e. The standard InChI is InChI=1S/C26H28N2O2/c29-24(16-21-10-4-1-5-11-21)19-28(18-22-12-6-2-7-13-22)20-25-17-26(27-30-25)23-14-8-3-9-15-23/h1-15,24-25,29H,16-20H2/t24-,25-/m1/s1. The number of hydrogen-bond acceptors (Lipinski definition) is 4. The molecule has 4 heteroatoms. The molecule has 0 radical (unpaired) electrons. The lowest BCUT2D eigenvalue weighted by Gasteiger charge is -2.27. The van der Waals surface area contributed by atoms with E-state index >= 15 is 0 Å². The minimum Gasteiger partial charge on any atom is -0.391 e. The molecule has 0 spiro atoms. The van der Waals surface area contributed by atoms with E-state index in [4.69, 9.17) is 4.84 Å². The summed E-state index contributed by atoms with van der Waals surface area (Å²) in [5, 5.41) is 15.1. The van der Waals surface area contributed by atoms with Crippen LogP contribution in [0.2, 0.25) is 0 Å². The Bertz CT molecular complexity index is 929. The van der Waals surface area contributed by atoms with Gasteiger partial charge in [-0.05, 0) is 23.1 Å². The molecule has 0 bridgehead atoms. The molecule has 0 aromatic heterocycles. The van der Waals surface area contributed by atoms with Gasteiger partial charge in [0.15, 0.2) is 0 Å². The SMILES string of the molecule is O[C@H](Cc1ccccc1)CN(Cc1ccccc1)C[C@H]1CC(c2ccccc2)=NO1. The highest BCUT2D eigenvalue weighted by atomic mass is 16.6. The minimum atomic E-state index is -0.438. The van der Waals surface area contributed by atoms with Crippen molar-refractivity contribution in [3.8, 4) is 0 Å². The van der Waals surface area contributed by atoms with Crippen molar-refractivity contribution >= 4 is 5.71 Å². The number of nitrogens with zero attached hydrogens (tertiary/aromatic N) is 2. The maximum atomic E-state index is 10.7. The summed E-state index contributed by atoms with van der Waals surface area (Å²) in [5.74, 6) is 0. The Kier molecular flexibility index (Phi) is 6.91. The molecule has 0 aliphatic carbocycles. The van der Waals surface area contributed by atoms with Gasteiger partial charge >= 0.3 is 0 Å². The number of benzene rings is 3. The molecule has 154 valence electrons. The van der Waals surface area contributed by atoms with Crippen molar-refractivity contribution in [3.63, 3.8) is 0 Å². The van der Waals surface area contributed by atoms with Crippen LogP contribution in [-0.2, 0) is 17.8 Å². The van der Waals surface area contributed by atoms with Gasteiger partial charge in [0.2, 0.25) is 0 Å². The van der Waals surface area contributed by atoms with Gasteiger partial charge in [0.05, 0.1) is 11.8 Å². The predicted octanol–water partition coefficient (Wildman–Crippen LogP) is 4.29. The monoisotopic (exact) mass is 400 g/mol. The Balaban J connectivity index is 1.39. The Hall–Kier alpha value is -2.95. The van der Waals surface area contributed by atoms with Crippen LogP contribution < -0.4 is 0 Å². The zero-order valence-corrected chi connectivity index (χ0v) is 17.1. The van der Waals surface area contributed by atoms with Crippen LogP contribution in [0.3, 0.4) is 0 Å². The first-order valence-electron chi connectivity index (χ1n) is 10.5. The van der Waals surface area contributed by atoms with Crippen molar-refractivity contribution in [2.45, 2.75) is 31.6 Å². The number of rotatable bonds is 9. The summed E-state index contributed by atoms with van der Waals surface area (Å²) in [6.45, 7) is 2.08. The fraction of sp³-hybridized carbons (Fsp3) is 0.269. The quantitative estimate of drug-likeness (QED) is 0.583. The molecule has 0 saturated heterocycles. The second-order valence-corrected chi connectivity index (χ2v) is 7.86. The van der Waals surface area contributed by atoms with Crippen LogP contribution in [0.15, 0.2) is 96.2 Å². The summed E-state index contributed by atoms with van der Waals surface area (Å²) in [4.78, 5) is 8.03. The first-order chi connectivity index (χ1) is 14.8. The van der Waals surface area contributed by atoms with Gasteiger partial charge in [-0.1, -0.05) is 96.2 Å². The lowest BCUT2D eigenvalue weighted by atomic mass is 10.0. The summed E-state index contributed by atoms with van der Waals surface area (Å²) in [5.41, 5.74) is 4.48. The molecule has 4 nitrogen and oxygen atoms in total. The molecular weight excluding hydrogens is 372 g/mol. The Morgan fingerprint density at radius 2 is 1.47 bits per heavy atom. The molecule has 3 aromatic carbocycles. The summed E-state index contributed by atoms with van der Waals surface area (Å²) < 4.78 is 0. The topological polar surface area (TPSA) is 45.1 Å². The van der Waals surface area contributed by atoms with Gasteiger partial charge in [-0.3, -0.25) is 4.90 Å². The van der Waals surface area contributed by atoms with Crippen molar-refractivity contribution in [1.82, 2.24) is 4.90 Å². The van der Waals surface area contributed by atoms with Gasteiger partial charge in [0.1, 0.15) is 6.10 Å². The van der Waals surface area contributed by atoms with Crippen molar-refractivity contribution in [1.29, 1.82) is 0 Å². The molecule has 1 heterocycles. The maximum absolute atomic E-state index is 10.7. The number of oxime groups is 1. The highest BCUT2D eigenvalue weighted by Crippen LogP contribution is 2.19. The zero-order valence-electron chi connectivity index (χ0n) is 17.1. The van der Waals surface area contributed by atoms with Crippen LogP contribution in [0.1, 0.15) is 23.1 Å². The first-order valence-corrected chi connectivity index (χ1v) is 10.5. The molecule has 0 unspecified atom stereocenters. The second kappa shape index (κ2) is 10.2. The normalized spacial score (nSPS) is 16.9. The number of aliphatic hydroxyl groups excluding tert-OH is 1. The fourth-order valence-electron chi connectivity index (χ4n) is 3.91. The van der Waals surface area contributed by atoms with E-state index in [2.05, 4.69) is 58.6 Å².